The van der Waals surface area contributed by atoms with Crippen molar-refractivity contribution in [1.29, 1.82) is 0 Å². The van der Waals surface area contributed by atoms with E-state index in [-0.39, 0.29) is 24.9 Å². The van der Waals surface area contributed by atoms with Crippen molar-refractivity contribution in [3.63, 3.8) is 0 Å². The van der Waals surface area contributed by atoms with Crippen molar-refractivity contribution < 1.29 is 19.3 Å². The van der Waals surface area contributed by atoms with Gasteiger partial charge in [-0.25, -0.2) is 4.39 Å². The molecule has 2 N–H and O–H groups in total. The van der Waals surface area contributed by atoms with Gasteiger partial charge in [0.15, 0.2) is 0 Å². The van der Waals surface area contributed by atoms with Crippen LogP contribution in [0.15, 0.2) is 48.5 Å². The van der Waals surface area contributed by atoms with Crippen LogP contribution in [0.4, 0.5) is 4.39 Å². The van der Waals surface area contributed by atoms with Gasteiger partial charge in [0.1, 0.15) is 18.2 Å². The molecule has 22 heavy (non-hydrogen) atoms. The molecular weight excluding hydrogens is 283 g/mol. The number of hydrogen-bond acceptors (Lipinski definition) is 3. The Balaban J connectivity index is 2.19. The molecule has 0 aliphatic heterocycles. The van der Waals surface area contributed by atoms with Crippen LogP contribution in [-0.4, -0.2) is 23.4 Å². The summed E-state index contributed by atoms with van der Waals surface area (Å²) in [4.78, 5) is 0. The van der Waals surface area contributed by atoms with Gasteiger partial charge in [-0.1, -0.05) is 36.4 Å². The number of hydrogen-bond donors (Lipinski definition) is 2. The molecule has 0 radical (unpaired) electrons. The molecule has 0 spiro atoms. The summed E-state index contributed by atoms with van der Waals surface area (Å²) >= 11 is 0. The molecule has 0 atom stereocenters. The summed E-state index contributed by atoms with van der Waals surface area (Å²) < 4.78 is 19.3. The van der Waals surface area contributed by atoms with Crippen LogP contribution in [-0.2, 0) is 6.61 Å². The van der Waals surface area contributed by atoms with Gasteiger partial charge in [0.05, 0.1) is 0 Å². The average molecular weight is 304 g/mol. The molecule has 0 unspecified atom stereocenters. The molecule has 3 nitrogen and oxygen atoms in total. The predicted octanol–water partition coefficient (Wildman–Crippen LogP) is 3.25. The molecule has 2 aromatic carbocycles. The monoisotopic (exact) mass is 304 g/mol. The number of halogens is 1. The van der Waals surface area contributed by atoms with Crippen molar-refractivity contribution in [3.8, 4) is 5.75 Å². The van der Waals surface area contributed by atoms with E-state index in [1.54, 1.807) is 6.07 Å². The highest BCUT2D eigenvalue weighted by Crippen LogP contribution is 2.32. The standard InChI is InChI=1S/C18H21FO3/c19-16-6-7-17(15(8-10-20)9-11-21)18(12-16)22-13-14-4-2-1-3-5-14/h1-7,12,15,20-21H,8-11,13H2. The van der Waals surface area contributed by atoms with Crippen LogP contribution < -0.4 is 4.74 Å². The maximum atomic E-state index is 13.5. The van der Waals surface area contributed by atoms with Crippen LogP contribution in [0, 0.1) is 5.82 Å². The lowest BCUT2D eigenvalue weighted by molar-refractivity contribution is 0.237. The van der Waals surface area contributed by atoms with E-state index in [1.807, 2.05) is 30.3 Å². The molecule has 0 saturated carbocycles. The van der Waals surface area contributed by atoms with Gasteiger partial charge < -0.3 is 14.9 Å². The van der Waals surface area contributed by atoms with Crippen LogP contribution in [0.1, 0.15) is 29.9 Å². The summed E-state index contributed by atoms with van der Waals surface area (Å²) in [5.41, 5.74) is 1.82. The second kappa shape index (κ2) is 8.51. The third-order valence-electron chi connectivity index (χ3n) is 3.61. The second-order valence-electron chi connectivity index (χ2n) is 5.18. The highest BCUT2D eigenvalue weighted by atomic mass is 19.1. The lowest BCUT2D eigenvalue weighted by Gasteiger charge is -2.19. The summed E-state index contributed by atoms with van der Waals surface area (Å²) in [6.45, 7) is 0.378. The Labute approximate surface area is 130 Å². The first-order valence-electron chi connectivity index (χ1n) is 7.42. The fraction of sp³-hybridized carbons (Fsp3) is 0.333. The molecule has 0 amide bonds. The normalized spacial score (nSPS) is 10.9. The van der Waals surface area contributed by atoms with Gasteiger partial charge in [0.25, 0.3) is 0 Å². The Morgan fingerprint density at radius 2 is 1.64 bits per heavy atom. The Kier molecular flexibility index (Phi) is 6.37. The van der Waals surface area contributed by atoms with Crippen molar-refractivity contribution in [3.05, 3.63) is 65.5 Å². The Morgan fingerprint density at radius 3 is 2.27 bits per heavy atom. The van der Waals surface area contributed by atoms with E-state index in [4.69, 9.17) is 4.74 Å². The Bertz CT molecular complexity index is 566. The smallest absolute Gasteiger partial charge is 0.126 e. The molecule has 0 heterocycles. The van der Waals surface area contributed by atoms with Gasteiger partial charge in [0.2, 0.25) is 0 Å². The van der Waals surface area contributed by atoms with Gasteiger partial charge >= 0.3 is 0 Å². The lowest BCUT2D eigenvalue weighted by atomic mass is 9.92. The number of ether oxygens (including phenoxy) is 1. The topological polar surface area (TPSA) is 49.7 Å². The van der Waals surface area contributed by atoms with Gasteiger partial charge in [-0.2, -0.15) is 0 Å². The molecule has 0 bridgehead atoms. The van der Waals surface area contributed by atoms with Crippen LogP contribution in [0.3, 0.4) is 0 Å². The highest BCUT2D eigenvalue weighted by molar-refractivity contribution is 5.37. The average Bonchev–Trinajstić information content (AvgIpc) is 2.54. The van der Waals surface area contributed by atoms with Crippen LogP contribution >= 0.6 is 0 Å². The predicted molar refractivity (Wildman–Crippen MR) is 83.3 cm³/mol. The summed E-state index contributed by atoms with van der Waals surface area (Å²) in [7, 11) is 0. The second-order valence-corrected chi connectivity index (χ2v) is 5.18. The maximum Gasteiger partial charge on any atom is 0.126 e. The first kappa shape index (κ1) is 16.5. The van der Waals surface area contributed by atoms with E-state index < -0.39 is 0 Å². The summed E-state index contributed by atoms with van der Waals surface area (Å²) in [5, 5.41) is 18.4. The minimum atomic E-state index is -0.362. The molecule has 0 aliphatic rings. The third kappa shape index (κ3) is 4.55. The minimum absolute atomic E-state index is 0.0141. The van der Waals surface area contributed by atoms with Crippen LogP contribution in [0.2, 0.25) is 0 Å². The van der Waals surface area contributed by atoms with Crippen molar-refractivity contribution in [1.82, 2.24) is 0 Å². The van der Waals surface area contributed by atoms with E-state index in [2.05, 4.69) is 0 Å². The molecule has 118 valence electrons. The maximum absolute atomic E-state index is 13.5. The van der Waals surface area contributed by atoms with Crippen molar-refractivity contribution >= 4 is 0 Å². The SMILES string of the molecule is OCCC(CCO)c1ccc(F)cc1OCc1ccccc1. The summed E-state index contributed by atoms with van der Waals surface area (Å²) in [6.07, 6.45) is 1.02. The largest absolute Gasteiger partial charge is 0.489 e. The van der Waals surface area contributed by atoms with Gasteiger partial charge in [-0.3, -0.25) is 0 Å². The molecule has 2 aromatic rings. The van der Waals surface area contributed by atoms with Crippen LogP contribution in [0.25, 0.3) is 0 Å². The van der Waals surface area contributed by atoms with Gasteiger partial charge in [-0.05, 0) is 36.0 Å². The lowest BCUT2D eigenvalue weighted by Crippen LogP contribution is -2.07. The van der Waals surface area contributed by atoms with Gasteiger partial charge in [-0.15, -0.1) is 0 Å². The van der Waals surface area contributed by atoms with Crippen molar-refractivity contribution in [2.45, 2.75) is 25.4 Å². The van der Waals surface area contributed by atoms with E-state index in [0.717, 1.165) is 11.1 Å². The van der Waals surface area contributed by atoms with E-state index >= 15 is 0 Å². The third-order valence-corrected chi connectivity index (χ3v) is 3.61. The fourth-order valence-electron chi connectivity index (χ4n) is 2.47. The Morgan fingerprint density at radius 1 is 0.955 bits per heavy atom. The zero-order valence-corrected chi connectivity index (χ0v) is 12.4. The molecule has 0 aliphatic carbocycles. The minimum Gasteiger partial charge on any atom is -0.489 e. The molecule has 2 rings (SSSR count). The number of aliphatic hydroxyl groups is 2. The molecule has 0 aromatic heterocycles. The fourth-order valence-corrected chi connectivity index (χ4v) is 2.47. The first-order chi connectivity index (χ1) is 10.7. The quantitative estimate of drug-likeness (QED) is 0.787. The molecule has 4 heteroatoms. The number of benzene rings is 2. The zero-order valence-electron chi connectivity index (χ0n) is 12.4. The first-order valence-corrected chi connectivity index (χ1v) is 7.42. The van der Waals surface area contributed by atoms with Gasteiger partial charge in [0, 0.05) is 19.3 Å². The highest BCUT2D eigenvalue weighted by Gasteiger charge is 2.16. The number of aliphatic hydroxyl groups excluding tert-OH is 2. The van der Waals surface area contributed by atoms with E-state index in [0.29, 0.717) is 25.2 Å². The van der Waals surface area contributed by atoms with E-state index in [1.165, 1.54) is 12.1 Å². The van der Waals surface area contributed by atoms with E-state index in [9.17, 15) is 14.6 Å². The van der Waals surface area contributed by atoms with Crippen molar-refractivity contribution in [2.24, 2.45) is 0 Å². The van der Waals surface area contributed by atoms with Crippen molar-refractivity contribution in [2.75, 3.05) is 13.2 Å². The summed E-state index contributed by atoms with van der Waals surface area (Å²) in [6, 6.07) is 14.1. The number of rotatable bonds is 8. The zero-order chi connectivity index (χ0) is 15.8. The molecule has 0 fully saturated rings. The van der Waals surface area contributed by atoms with Crippen LogP contribution in [0.5, 0.6) is 5.75 Å². The molecular formula is C18H21FO3. The Hall–Kier alpha value is -1.91. The molecule has 0 saturated heterocycles. The summed E-state index contributed by atoms with van der Waals surface area (Å²) in [5.74, 6) is 0.0516.